The van der Waals surface area contributed by atoms with Gasteiger partial charge in [0.05, 0.1) is 6.61 Å². The number of nitrogens with zero attached hydrogens (tertiary/aromatic N) is 3. The summed E-state index contributed by atoms with van der Waals surface area (Å²) in [6, 6.07) is 14.4. The number of carbonyl (C=O) groups excluding carboxylic acids is 1. The maximum Gasteiger partial charge on any atom is 0.258 e. The summed E-state index contributed by atoms with van der Waals surface area (Å²) in [5, 5.41) is 16.2. The number of ether oxygens (including phenoxy) is 1. The van der Waals surface area contributed by atoms with Gasteiger partial charge in [0.25, 0.3) is 5.56 Å². The van der Waals surface area contributed by atoms with E-state index in [4.69, 9.17) is 9.84 Å². The van der Waals surface area contributed by atoms with Crippen LogP contribution in [0.15, 0.2) is 64.9 Å². The molecule has 8 heteroatoms. The minimum atomic E-state index is -0.581. The Hall–Kier alpha value is -3.36. The van der Waals surface area contributed by atoms with Crippen LogP contribution >= 0.6 is 11.5 Å². The lowest BCUT2D eigenvalue weighted by Gasteiger charge is -2.11. The fraction of sp³-hybridized carbons (Fsp3) is 0.182. The van der Waals surface area contributed by atoms with Crippen molar-refractivity contribution in [2.75, 3.05) is 13.2 Å². The summed E-state index contributed by atoms with van der Waals surface area (Å²) < 4.78 is 11.4. The zero-order valence-corrected chi connectivity index (χ0v) is 16.8. The molecule has 4 rings (SSSR count). The monoisotopic (exact) mass is 421 g/mol. The van der Waals surface area contributed by atoms with Gasteiger partial charge in [-0.25, -0.2) is 0 Å². The van der Waals surface area contributed by atoms with Gasteiger partial charge < -0.3 is 14.4 Å². The van der Waals surface area contributed by atoms with E-state index in [0.29, 0.717) is 30.5 Å². The molecule has 0 spiro atoms. The summed E-state index contributed by atoms with van der Waals surface area (Å²) in [6.45, 7) is 0.331. The standard InChI is InChI=1S/C22H19N3O4S/c26-13-20(27)16-7-6-15-8-10-25(22(28)18(15)12-16)9-3-11-29-21-5-2-1-4-17(21)19-14-30-24-23-19/h1-2,4-8,10,12,14,26H,3,9,11,13H2. The highest BCUT2D eigenvalue weighted by atomic mass is 32.1. The third-order valence-corrected chi connectivity index (χ3v) is 5.27. The highest BCUT2D eigenvalue weighted by Gasteiger charge is 2.10. The van der Waals surface area contributed by atoms with Crippen LogP contribution in [-0.4, -0.2) is 38.3 Å². The maximum atomic E-state index is 12.8. The Morgan fingerprint density at radius 1 is 1.17 bits per heavy atom. The average molecular weight is 421 g/mol. The van der Waals surface area contributed by atoms with E-state index in [1.54, 1.807) is 29.0 Å². The number of aliphatic hydroxyl groups excluding tert-OH is 1. The van der Waals surface area contributed by atoms with E-state index in [-0.39, 0.29) is 5.56 Å². The molecule has 1 N–H and O–H groups in total. The molecule has 0 bridgehead atoms. The number of Topliss-reactive ketones (excluding diaryl/α,β-unsaturated/α-hetero) is 1. The topological polar surface area (TPSA) is 94.3 Å². The highest BCUT2D eigenvalue weighted by molar-refractivity contribution is 7.03. The van der Waals surface area contributed by atoms with Crippen LogP contribution in [0.4, 0.5) is 0 Å². The van der Waals surface area contributed by atoms with Crippen LogP contribution < -0.4 is 10.3 Å². The van der Waals surface area contributed by atoms with Crippen LogP contribution in [0.3, 0.4) is 0 Å². The van der Waals surface area contributed by atoms with Gasteiger partial charge in [0.15, 0.2) is 5.78 Å². The molecule has 0 radical (unpaired) electrons. The van der Waals surface area contributed by atoms with Crippen LogP contribution in [0, 0.1) is 0 Å². The second-order valence-corrected chi connectivity index (χ2v) is 7.30. The summed E-state index contributed by atoms with van der Waals surface area (Å²) in [4.78, 5) is 24.5. The molecular formula is C22H19N3O4S. The van der Waals surface area contributed by atoms with Gasteiger partial charge in [-0.2, -0.15) is 0 Å². The van der Waals surface area contributed by atoms with Gasteiger partial charge in [-0.05, 0) is 47.6 Å². The minimum Gasteiger partial charge on any atom is -0.493 e. The molecule has 0 atom stereocenters. The van der Waals surface area contributed by atoms with Crippen LogP contribution in [0.1, 0.15) is 16.8 Å². The Balaban J connectivity index is 1.45. The Morgan fingerprint density at radius 2 is 2.03 bits per heavy atom. The second-order valence-electron chi connectivity index (χ2n) is 6.69. The Bertz CT molecular complexity index is 1230. The van der Waals surface area contributed by atoms with Crippen molar-refractivity contribution in [3.63, 3.8) is 0 Å². The SMILES string of the molecule is O=C(CO)c1ccc2ccn(CCCOc3ccccc3-c3csnn3)c(=O)c2c1. The summed E-state index contributed by atoms with van der Waals surface area (Å²) >= 11 is 1.29. The summed E-state index contributed by atoms with van der Waals surface area (Å²) in [6.07, 6.45) is 2.37. The van der Waals surface area contributed by atoms with Crippen molar-refractivity contribution < 1.29 is 14.6 Å². The lowest BCUT2D eigenvalue weighted by atomic mass is 10.1. The first-order chi connectivity index (χ1) is 14.7. The molecule has 30 heavy (non-hydrogen) atoms. The fourth-order valence-corrected chi connectivity index (χ4v) is 3.68. The van der Waals surface area contributed by atoms with Gasteiger partial charge in [0.1, 0.15) is 18.1 Å². The smallest absolute Gasteiger partial charge is 0.258 e. The quantitative estimate of drug-likeness (QED) is 0.347. The van der Waals surface area contributed by atoms with E-state index < -0.39 is 12.4 Å². The second kappa shape index (κ2) is 8.98. The Kier molecular flexibility index (Phi) is 5.97. The molecule has 0 aliphatic carbocycles. The molecule has 0 unspecified atom stereocenters. The van der Waals surface area contributed by atoms with Crippen molar-refractivity contribution in [3.8, 4) is 17.0 Å². The molecule has 152 valence electrons. The first-order valence-electron chi connectivity index (χ1n) is 9.44. The number of hydrogen-bond donors (Lipinski definition) is 1. The van der Waals surface area contributed by atoms with Crippen LogP contribution in [-0.2, 0) is 6.54 Å². The van der Waals surface area contributed by atoms with Crippen LogP contribution in [0.2, 0.25) is 0 Å². The van der Waals surface area contributed by atoms with E-state index in [1.165, 1.54) is 11.5 Å². The zero-order chi connectivity index (χ0) is 20.9. The summed E-state index contributed by atoms with van der Waals surface area (Å²) in [5.74, 6) is 0.317. The number of benzene rings is 2. The molecular weight excluding hydrogens is 402 g/mol. The zero-order valence-electron chi connectivity index (χ0n) is 16.0. The van der Waals surface area contributed by atoms with Crippen molar-refractivity contribution in [1.29, 1.82) is 0 Å². The molecule has 4 aromatic rings. The van der Waals surface area contributed by atoms with Gasteiger partial charge in [0, 0.05) is 34.6 Å². The van der Waals surface area contributed by atoms with Gasteiger partial charge >= 0.3 is 0 Å². The summed E-state index contributed by atoms with van der Waals surface area (Å²) in [7, 11) is 0. The van der Waals surface area contributed by atoms with Crippen molar-refractivity contribution in [3.05, 3.63) is 76.0 Å². The predicted molar refractivity (Wildman–Crippen MR) is 115 cm³/mol. The van der Waals surface area contributed by atoms with Gasteiger partial charge in [0.2, 0.25) is 0 Å². The first-order valence-corrected chi connectivity index (χ1v) is 10.3. The molecule has 0 aliphatic heterocycles. The van der Waals surface area contributed by atoms with E-state index in [9.17, 15) is 9.59 Å². The Labute approximate surface area is 176 Å². The number of aryl methyl sites for hydroxylation is 1. The lowest BCUT2D eigenvalue weighted by molar-refractivity contribution is 0.0904. The molecule has 0 saturated heterocycles. The van der Waals surface area contributed by atoms with Crippen molar-refractivity contribution >= 4 is 28.1 Å². The average Bonchev–Trinajstić information content (AvgIpc) is 3.32. The molecule has 0 fully saturated rings. The lowest BCUT2D eigenvalue weighted by Crippen LogP contribution is -2.21. The van der Waals surface area contributed by atoms with Gasteiger partial charge in [-0.1, -0.05) is 28.8 Å². The fourth-order valence-electron chi connectivity index (χ4n) is 3.22. The van der Waals surface area contributed by atoms with Gasteiger partial charge in [-0.3, -0.25) is 9.59 Å². The molecule has 0 saturated carbocycles. The third-order valence-electron chi connectivity index (χ3n) is 4.77. The number of ketones is 1. The van der Waals surface area contributed by atoms with Crippen LogP contribution in [0.25, 0.3) is 22.0 Å². The number of para-hydroxylation sites is 1. The number of hydrogen-bond acceptors (Lipinski definition) is 7. The number of carbonyl (C=O) groups is 1. The number of aliphatic hydroxyl groups is 1. The normalized spacial score (nSPS) is 11.0. The first kappa shape index (κ1) is 19.9. The molecule has 0 amide bonds. The predicted octanol–water partition coefficient (Wildman–Crippen LogP) is 3.16. The highest BCUT2D eigenvalue weighted by Crippen LogP contribution is 2.28. The largest absolute Gasteiger partial charge is 0.493 e. The van der Waals surface area contributed by atoms with Crippen LogP contribution in [0.5, 0.6) is 5.75 Å². The molecule has 2 heterocycles. The van der Waals surface area contributed by atoms with E-state index in [1.807, 2.05) is 35.7 Å². The third kappa shape index (κ3) is 4.14. The molecule has 2 aromatic carbocycles. The van der Waals surface area contributed by atoms with E-state index >= 15 is 0 Å². The van der Waals surface area contributed by atoms with Crippen molar-refractivity contribution in [2.24, 2.45) is 0 Å². The Morgan fingerprint density at radius 3 is 2.83 bits per heavy atom. The number of rotatable bonds is 8. The maximum absolute atomic E-state index is 12.8. The minimum absolute atomic E-state index is 0.172. The van der Waals surface area contributed by atoms with E-state index in [0.717, 1.165) is 22.4 Å². The summed E-state index contributed by atoms with van der Waals surface area (Å²) in [5.41, 5.74) is 1.81. The van der Waals surface area contributed by atoms with Gasteiger partial charge in [-0.15, -0.1) is 5.10 Å². The molecule has 2 aromatic heterocycles. The number of pyridine rings is 1. The molecule has 7 nitrogen and oxygen atoms in total. The van der Waals surface area contributed by atoms with Crippen molar-refractivity contribution in [1.82, 2.24) is 14.2 Å². The number of fused-ring (bicyclic) bond motifs is 1. The van der Waals surface area contributed by atoms with E-state index in [2.05, 4.69) is 9.59 Å². The molecule has 0 aliphatic rings. The number of aromatic nitrogens is 3. The van der Waals surface area contributed by atoms with Crippen molar-refractivity contribution in [2.45, 2.75) is 13.0 Å².